The number of rotatable bonds is 11. The largest absolute Gasteiger partial charge is 0.352 e. The zero-order valence-corrected chi connectivity index (χ0v) is 26.5. The van der Waals surface area contributed by atoms with Crippen molar-refractivity contribution in [1.82, 2.24) is 10.2 Å². The van der Waals surface area contributed by atoms with Crippen LogP contribution < -0.4 is 9.62 Å². The van der Waals surface area contributed by atoms with Crippen LogP contribution in [0.4, 0.5) is 5.69 Å². The summed E-state index contributed by atoms with van der Waals surface area (Å²) in [6.45, 7) is 4.99. The van der Waals surface area contributed by atoms with Gasteiger partial charge in [0.1, 0.15) is 12.6 Å². The third kappa shape index (κ3) is 7.28. The molecule has 0 heterocycles. The maximum absolute atomic E-state index is 14.3. The van der Waals surface area contributed by atoms with E-state index in [-0.39, 0.29) is 23.4 Å². The summed E-state index contributed by atoms with van der Waals surface area (Å²) in [5, 5.41) is 3.82. The van der Waals surface area contributed by atoms with E-state index in [1.807, 2.05) is 32.9 Å². The molecule has 1 atom stereocenters. The Kier molecular flexibility index (Phi) is 10.6. The van der Waals surface area contributed by atoms with E-state index in [0.717, 1.165) is 35.6 Å². The fourth-order valence-electron chi connectivity index (χ4n) is 5.46. The highest BCUT2D eigenvalue weighted by atomic mass is 35.5. The summed E-state index contributed by atoms with van der Waals surface area (Å²) in [6, 6.07) is 17.7. The first-order valence-electron chi connectivity index (χ1n) is 14.2. The third-order valence-electron chi connectivity index (χ3n) is 7.71. The molecule has 0 aromatic heterocycles. The highest BCUT2D eigenvalue weighted by Crippen LogP contribution is 2.30. The maximum Gasteiger partial charge on any atom is 0.264 e. The highest BCUT2D eigenvalue weighted by Gasteiger charge is 2.35. The molecule has 0 spiro atoms. The number of nitrogens with one attached hydrogen (secondary N) is 1. The molecule has 4 rings (SSSR count). The Morgan fingerprint density at radius 3 is 2.19 bits per heavy atom. The zero-order chi connectivity index (χ0) is 30.4. The van der Waals surface area contributed by atoms with Crippen LogP contribution in [-0.2, 0) is 26.2 Å². The molecule has 0 bridgehead atoms. The van der Waals surface area contributed by atoms with E-state index in [4.69, 9.17) is 23.2 Å². The summed E-state index contributed by atoms with van der Waals surface area (Å²) in [6.07, 6.45) is 4.19. The van der Waals surface area contributed by atoms with Gasteiger partial charge < -0.3 is 10.2 Å². The third-order valence-corrected chi connectivity index (χ3v) is 10.2. The molecule has 0 radical (unpaired) electrons. The predicted octanol–water partition coefficient (Wildman–Crippen LogP) is 6.67. The average Bonchev–Trinajstić information content (AvgIpc) is 3.47. The van der Waals surface area contributed by atoms with Crippen molar-refractivity contribution >= 4 is 50.7 Å². The van der Waals surface area contributed by atoms with Crippen LogP contribution in [0.2, 0.25) is 10.0 Å². The number of hydrogen-bond donors (Lipinski definition) is 1. The summed E-state index contributed by atoms with van der Waals surface area (Å²) in [5.74, 6) is -0.816. The Hall–Kier alpha value is -3.07. The second-order valence-corrected chi connectivity index (χ2v) is 13.4. The summed E-state index contributed by atoms with van der Waals surface area (Å²) in [4.78, 5) is 29.4. The van der Waals surface area contributed by atoms with Gasteiger partial charge >= 0.3 is 0 Å². The average molecular weight is 631 g/mol. The normalized spacial score (nSPS) is 14.4. The van der Waals surface area contributed by atoms with Crippen LogP contribution in [0, 0.1) is 13.8 Å². The number of hydrogen-bond acceptors (Lipinski definition) is 4. The first-order chi connectivity index (χ1) is 20.0. The van der Waals surface area contributed by atoms with E-state index in [0.29, 0.717) is 33.3 Å². The second-order valence-electron chi connectivity index (χ2n) is 10.8. The van der Waals surface area contributed by atoms with Crippen molar-refractivity contribution in [2.24, 2.45) is 0 Å². The van der Waals surface area contributed by atoms with E-state index in [1.54, 1.807) is 42.5 Å². The molecule has 7 nitrogen and oxygen atoms in total. The van der Waals surface area contributed by atoms with Crippen LogP contribution in [0.1, 0.15) is 55.7 Å². The van der Waals surface area contributed by atoms with E-state index >= 15 is 0 Å². The molecular weight excluding hydrogens is 593 g/mol. The molecule has 42 heavy (non-hydrogen) atoms. The van der Waals surface area contributed by atoms with Gasteiger partial charge in [-0.25, -0.2) is 8.42 Å². The number of amides is 2. The lowest BCUT2D eigenvalue weighted by Crippen LogP contribution is -2.53. The molecule has 0 saturated heterocycles. The molecule has 1 N–H and O–H groups in total. The fourth-order valence-corrected chi connectivity index (χ4v) is 7.48. The fraction of sp³-hybridized carbons (Fsp3) is 0.375. The minimum atomic E-state index is -4.15. The van der Waals surface area contributed by atoms with Gasteiger partial charge in [0.05, 0.1) is 10.6 Å². The molecule has 1 aliphatic rings. The lowest BCUT2D eigenvalue weighted by Gasteiger charge is -2.34. The van der Waals surface area contributed by atoms with E-state index in [2.05, 4.69) is 5.32 Å². The monoisotopic (exact) mass is 629 g/mol. The Morgan fingerprint density at radius 1 is 0.952 bits per heavy atom. The molecule has 224 valence electrons. The second kappa shape index (κ2) is 13.9. The number of anilines is 1. The van der Waals surface area contributed by atoms with Crippen LogP contribution in [0.5, 0.6) is 0 Å². The Bertz CT molecular complexity index is 1510. The van der Waals surface area contributed by atoms with Crippen LogP contribution >= 0.6 is 23.2 Å². The molecular formula is C32H37Cl2N3O4S. The number of carbonyl (C=O) groups is 2. The van der Waals surface area contributed by atoms with Gasteiger partial charge in [0.25, 0.3) is 10.0 Å². The van der Waals surface area contributed by atoms with E-state index in [1.165, 1.54) is 17.0 Å². The molecule has 2 amide bonds. The van der Waals surface area contributed by atoms with E-state index in [9.17, 15) is 18.0 Å². The summed E-state index contributed by atoms with van der Waals surface area (Å²) in [5.41, 5.74) is 2.54. The Labute approximate surface area is 258 Å². The summed E-state index contributed by atoms with van der Waals surface area (Å²) in [7, 11) is -4.15. The molecule has 0 aliphatic heterocycles. The molecule has 1 saturated carbocycles. The Morgan fingerprint density at radius 2 is 1.60 bits per heavy atom. The van der Waals surface area contributed by atoms with Crippen molar-refractivity contribution in [2.75, 3.05) is 10.8 Å². The van der Waals surface area contributed by atoms with Crippen molar-refractivity contribution < 1.29 is 18.0 Å². The minimum absolute atomic E-state index is 0.0533. The van der Waals surface area contributed by atoms with Crippen molar-refractivity contribution in [3.8, 4) is 0 Å². The van der Waals surface area contributed by atoms with Crippen LogP contribution in [0.25, 0.3) is 0 Å². The van der Waals surface area contributed by atoms with Gasteiger partial charge in [0.2, 0.25) is 11.8 Å². The number of nitrogens with zero attached hydrogens (tertiary/aromatic N) is 2. The number of halogens is 2. The van der Waals surface area contributed by atoms with Crippen molar-refractivity contribution in [3.63, 3.8) is 0 Å². The van der Waals surface area contributed by atoms with Crippen LogP contribution in [0.15, 0.2) is 71.6 Å². The van der Waals surface area contributed by atoms with Gasteiger partial charge in [-0.15, -0.1) is 0 Å². The van der Waals surface area contributed by atoms with Gasteiger partial charge in [-0.3, -0.25) is 13.9 Å². The van der Waals surface area contributed by atoms with Crippen LogP contribution in [-0.4, -0.2) is 43.8 Å². The standard InChI is InChI=1S/C32H37Cl2N3O4S/c1-4-29(32(39)35-24-11-8-9-12-24)36(20-26-27(33)15-10-16-28(26)34)31(38)21-37(30-18-17-22(2)19-23(30)3)42(40,41)25-13-6-5-7-14-25/h5-7,10,13-19,24,29H,4,8-9,11-12,20-21H2,1-3H3,(H,35,39). The van der Waals surface area contributed by atoms with Crippen molar-refractivity contribution in [2.45, 2.75) is 76.4 Å². The Balaban J connectivity index is 1.76. The van der Waals surface area contributed by atoms with Crippen molar-refractivity contribution in [3.05, 3.63) is 93.5 Å². The molecule has 10 heteroatoms. The number of carbonyl (C=O) groups excluding carboxylic acids is 2. The van der Waals surface area contributed by atoms with Gasteiger partial charge in [-0.05, 0) is 69.0 Å². The summed E-state index contributed by atoms with van der Waals surface area (Å²) >= 11 is 13.0. The minimum Gasteiger partial charge on any atom is -0.352 e. The van der Waals surface area contributed by atoms with Gasteiger partial charge in [-0.1, -0.05) is 84.9 Å². The number of sulfonamides is 1. The van der Waals surface area contributed by atoms with Crippen LogP contribution in [0.3, 0.4) is 0 Å². The first kappa shape index (κ1) is 31.9. The smallest absolute Gasteiger partial charge is 0.264 e. The molecule has 3 aromatic rings. The number of aryl methyl sites for hydroxylation is 2. The SMILES string of the molecule is CCC(C(=O)NC1CCCC1)N(Cc1c(Cl)cccc1Cl)C(=O)CN(c1ccc(C)cc1C)S(=O)(=O)c1ccccc1. The zero-order valence-electron chi connectivity index (χ0n) is 24.1. The predicted molar refractivity (Wildman–Crippen MR) is 168 cm³/mol. The van der Waals surface area contributed by atoms with Gasteiger partial charge in [0, 0.05) is 28.2 Å². The topological polar surface area (TPSA) is 86.8 Å². The van der Waals surface area contributed by atoms with Crippen molar-refractivity contribution in [1.29, 1.82) is 0 Å². The quantitative estimate of drug-likeness (QED) is 0.256. The van der Waals surface area contributed by atoms with Gasteiger partial charge in [0.15, 0.2) is 0 Å². The van der Waals surface area contributed by atoms with Gasteiger partial charge in [-0.2, -0.15) is 0 Å². The maximum atomic E-state index is 14.3. The lowest BCUT2D eigenvalue weighted by molar-refractivity contribution is -0.140. The first-order valence-corrected chi connectivity index (χ1v) is 16.4. The molecule has 1 aliphatic carbocycles. The molecule has 3 aromatic carbocycles. The lowest BCUT2D eigenvalue weighted by atomic mass is 10.1. The number of benzene rings is 3. The van der Waals surface area contributed by atoms with E-state index < -0.39 is 28.5 Å². The molecule has 1 unspecified atom stereocenters. The highest BCUT2D eigenvalue weighted by molar-refractivity contribution is 7.92. The summed E-state index contributed by atoms with van der Waals surface area (Å²) < 4.78 is 29.2. The molecule has 1 fully saturated rings.